The first-order chi connectivity index (χ1) is 16.2. The first-order valence-corrected chi connectivity index (χ1v) is 11.8. The Morgan fingerprint density at radius 2 is 1.39 bits per heavy atom. The van der Waals surface area contributed by atoms with E-state index in [-0.39, 0.29) is 0 Å². The van der Waals surface area contributed by atoms with Gasteiger partial charge < -0.3 is 4.57 Å². The molecule has 160 valence electrons. The monoisotopic (exact) mass is 425 g/mol. The van der Waals surface area contributed by atoms with E-state index in [0.717, 1.165) is 6.42 Å². The highest BCUT2D eigenvalue weighted by Gasteiger charge is 2.17. The summed E-state index contributed by atoms with van der Waals surface area (Å²) in [4.78, 5) is 0. The van der Waals surface area contributed by atoms with Crippen LogP contribution in [0.15, 0.2) is 109 Å². The maximum atomic E-state index is 2.40. The number of hydrogen-bond donors (Lipinski definition) is 0. The molecule has 0 saturated carbocycles. The van der Waals surface area contributed by atoms with Crippen molar-refractivity contribution in [2.45, 2.75) is 20.3 Å². The molecule has 1 atom stereocenters. The van der Waals surface area contributed by atoms with Gasteiger partial charge >= 0.3 is 0 Å². The second-order valence-corrected chi connectivity index (χ2v) is 9.14. The summed E-state index contributed by atoms with van der Waals surface area (Å²) in [7, 11) is 0. The molecule has 1 aliphatic rings. The average molecular weight is 426 g/mol. The highest BCUT2D eigenvalue weighted by molar-refractivity contribution is 6.11. The summed E-state index contributed by atoms with van der Waals surface area (Å²) >= 11 is 0. The molecule has 1 heterocycles. The zero-order valence-electron chi connectivity index (χ0n) is 19.1. The van der Waals surface area contributed by atoms with Crippen LogP contribution in [-0.4, -0.2) is 4.57 Å². The second-order valence-electron chi connectivity index (χ2n) is 9.14. The van der Waals surface area contributed by atoms with Gasteiger partial charge in [0.25, 0.3) is 0 Å². The van der Waals surface area contributed by atoms with Gasteiger partial charge in [-0.05, 0) is 83.5 Å². The lowest BCUT2D eigenvalue weighted by atomic mass is 9.87. The van der Waals surface area contributed by atoms with E-state index in [0.29, 0.717) is 5.92 Å². The van der Waals surface area contributed by atoms with Crippen LogP contribution in [0.3, 0.4) is 0 Å². The van der Waals surface area contributed by atoms with Crippen LogP contribution in [0.4, 0.5) is 0 Å². The van der Waals surface area contributed by atoms with Crippen LogP contribution in [0.2, 0.25) is 0 Å². The number of aryl methyl sites for hydroxylation is 1. The molecule has 5 aromatic rings. The minimum absolute atomic E-state index is 0.539. The summed E-state index contributed by atoms with van der Waals surface area (Å²) < 4.78 is 2.40. The maximum Gasteiger partial charge on any atom is 0.0541 e. The quantitative estimate of drug-likeness (QED) is 0.272. The first-order valence-electron chi connectivity index (χ1n) is 11.8. The Morgan fingerprint density at radius 1 is 0.727 bits per heavy atom. The van der Waals surface area contributed by atoms with Gasteiger partial charge in [-0.2, -0.15) is 0 Å². The van der Waals surface area contributed by atoms with Crippen LogP contribution >= 0.6 is 0 Å². The summed E-state index contributed by atoms with van der Waals surface area (Å²) in [6.07, 6.45) is 7.85. The maximum absolute atomic E-state index is 2.40. The molecule has 6 rings (SSSR count). The Bertz CT molecular complexity index is 1550. The van der Waals surface area contributed by atoms with Crippen molar-refractivity contribution in [3.05, 3.63) is 120 Å². The van der Waals surface area contributed by atoms with Crippen molar-refractivity contribution in [1.29, 1.82) is 0 Å². The lowest BCUT2D eigenvalue weighted by molar-refractivity contribution is 0.759. The highest BCUT2D eigenvalue weighted by atomic mass is 15.0. The topological polar surface area (TPSA) is 4.93 Å². The average Bonchev–Trinajstić information content (AvgIpc) is 3.18. The molecule has 0 radical (unpaired) electrons. The Hall–Kier alpha value is -3.84. The van der Waals surface area contributed by atoms with Crippen molar-refractivity contribution in [2.75, 3.05) is 0 Å². The molecule has 0 N–H and O–H groups in total. The van der Waals surface area contributed by atoms with Crippen molar-refractivity contribution in [3.63, 3.8) is 0 Å². The van der Waals surface area contributed by atoms with Gasteiger partial charge in [0.15, 0.2) is 0 Å². The molecule has 1 nitrogen and oxygen atoms in total. The van der Waals surface area contributed by atoms with Gasteiger partial charge in [0.05, 0.1) is 11.0 Å². The number of benzene rings is 4. The van der Waals surface area contributed by atoms with Gasteiger partial charge in [0, 0.05) is 16.5 Å². The lowest BCUT2D eigenvalue weighted by Crippen LogP contribution is -2.00. The molecule has 0 spiro atoms. The molecule has 33 heavy (non-hydrogen) atoms. The van der Waals surface area contributed by atoms with E-state index in [4.69, 9.17) is 0 Å². The SMILES string of the molecule is Cc1ccccc1-c1ccc2c(c1)c1cc(C3=CC=CCC3C)ccc1n2-c1ccccc1. The summed E-state index contributed by atoms with van der Waals surface area (Å²) in [5, 5.41) is 2.61. The third-order valence-electron chi connectivity index (χ3n) is 7.00. The molecular formula is C32H27N. The van der Waals surface area contributed by atoms with E-state index < -0.39 is 0 Å². The second kappa shape index (κ2) is 7.94. The Kier molecular flexibility index (Phi) is 4.77. The zero-order valence-corrected chi connectivity index (χ0v) is 19.1. The number of hydrogen-bond acceptors (Lipinski definition) is 0. The van der Waals surface area contributed by atoms with Gasteiger partial charge in [0.1, 0.15) is 0 Å². The largest absolute Gasteiger partial charge is 0.309 e. The van der Waals surface area contributed by atoms with E-state index in [9.17, 15) is 0 Å². The van der Waals surface area contributed by atoms with Crippen molar-refractivity contribution < 1.29 is 0 Å². The number of aromatic nitrogens is 1. The lowest BCUT2D eigenvalue weighted by Gasteiger charge is -2.17. The van der Waals surface area contributed by atoms with E-state index >= 15 is 0 Å². The number of para-hydroxylation sites is 1. The summed E-state index contributed by atoms with van der Waals surface area (Å²) in [5.74, 6) is 0.539. The molecule has 1 heteroatoms. The predicted molar refractivity (Wildman–Crippen MR) is 142 cm³/mol. The van der Waals surface area contributed by atoms with Crippen LogP contribution in [0, 0.1) is 12.8 Å². The van der Waals surface area contributed by atoms with Crippen molar-refractivity contribution in [3.8, 4) is 16.8 Å². The van der Waals surface area contributed by atoms with Crippen LogP contribution in [0.25, 0.3) is 44.2 Å². The van der Waals surface area contributed by atoms with E-state index in [2.05, 4.69) is 128 Å². The number of rotatable bonds is 3. The van der Waals surface area contributed by atoms with E-state index in [1.807, 2.05) is 0 Å². The molecule has 1 aromatic heterocycles. The van der Waals surface area contributed by atoms with Crippen LogP contribution in [0.1, 0.15) is 24.5 Å². The minimum atomic E-state index is 0.539. The summed E-state index contributed by atoms with van der Waals surface area (Å²) in [6.45, 7) is 4.51. The molecule has 0 bridgehead atoms. The van der Waals surface area contributed by atoms with Gasteiger partial charge in [0.2, 0.25) is 0 Å². The van der Waals surface area contributed by atoms with E-state index in [1.165, 1.54) is 55.3 Å². The molecule has 0 fully saturated rings. The molecule has 0 saturated heterocycles. The Balaban J connectivity index is 1.66. The standard InChI is InChI=1S/C32H27N/c1-22-10-6-8-14-27(22)24-16-18-31-29(20-24)30-21-25(28-15-9-7-11-23(28)2)17-19-32(30)33(31)26-12-4-3-5-13-26/h3-10,12-21,23H,11H2,1-2H3. The Morgan fingerprint density at radius 3 is 2.12 bits per heavy atom. The number of allylic oxidation sites excluding steroid dienone is 4. The summed E-state index contributed by atoms with van der Waals surface area (Å²) in [6, 6.07) is 33.3. The highest BCUT2D eigenvalue weighted by Crippen LogP contribution is 2.38. The Labute approximate surface area is 195 Å². The summed E-state index contributed by atoms with van der Waals surface area (Å²) in [5.41, 5.74) is 10.3. The number of nitrogens with zero attached hydrogens (tertiary/aromatic N) is 1. The van der Waals surface area contributed by atoms with Crippen LogP contribution < -0.4 is 0 Å². The molecule has 4 aromatic carbocycles. The minimum Gasteiger partial charge on any atom is -0.309 e. The predicted octanol–water partition coefficient (Wildman–Crippen LogP) is 8.74. The van der Waals surface area contributed by atoms with Gasteiger partial charge in [-0.3, -0.25) is 0 Å². The normalized spacial score (nSPS) is 15.8. The van der Waals surface area contributed by atoms with Crippen LogP contribution in [-0.2, 0) is 0 Å². The fourth-order valence-corrected chi connectivity index (χ4v) is 5.25. The molecule has 1 aliphatic carbocycles. The van der Waals surface area contributed by atoms with Crippen LogP contribution in [0.5, 0.6) is 0 Å². The van der Waals surface area contributed by atoms with Gasteiger partial charge in [-0.25, -0.2) is 0 Å². The molecule has 0 aliphatic heterocycles. The van der Waals surface area contributed by atoms with Crippen molar-refractivity contribution in [1.82, 2.24) is 4.57 Å². The van der Waals surface area contributed by atoms with Crippen molar-refractivity contribution >= 4 is 27.4 Å². The van der Waals surface area contributed by atoms with Gasteiger partial charge in [-0.1, -0.05) is 79.7 Å². The third kappa shape index (κ3) is 3.32. The van der Waals surface area contributed by atoms with E-state index in [1.54, 1.807) is 0 Å². The smallest absolute Gasteiger partial charge is 0.0541 e. The number of fused-ring (bicyclic) bond motifs is 3. The molecule has 0 amide bonds. The fraction of sp³-hybridized carbons (Fsp3) is 0.125. The molecule has 1 unspecified atom stereocenters. The fourth-order valence-electron chi connectivity index (χ4n) is 5.25. The first kappa shape index (κ1) is 19.8. The zero-order chi connectivity index (χ0) is 22.4. The van der Waals surface area contributed by atoms with Gasteiger partial charge in [-0.15, -0.1) is 0 Å². The molecular weight excluding hydrogens is 398 g/mol. The third-order valence-corrected chi connectivity index (χ3v) is 7.00. The van der Waals surface area contributed by atoms with Crippen molar-refractivity contribution in [2.24, 2.45) is 5.92 Å².